The van der Waals surface area contributed by atoms with E-state index in [-0.39, 0.29) is 12.5 Å². The fourth-order valence-corrected chi connectivity index (χ4v) is 2.84. The molecule has 0 bridgehead atoms. The number of piperidine rings is 1. The molecular weight excluding hydrogens is 290 g/mol. The third-order valence-corrected chi connectivity index (χ3v) is 3.99. The predicted molar refractivity (Wildman–Crippen MR) is 77.2 cm³/mol. The van der Waals surface area contributed by atoms with Crippen LogP contribution in [0.15, 0.2) is 18.2 Å². The van der Waals surface area contributed by atoms with Crippen LogP contribution >= 0.6 is 0 Å². The smallest absolute Gasteiger partial charge is 0.181 e. The van der Waals surface area contributed by atoms with Crippen molar-refractivity contribution in [3.8, 4) is 11.4 Å². The topological polar surface area (TPSA) is 65.0 Å². The van der Waals surface area contributed by atoms with E-state index in [1.54, 1.807) is 0 Å². The monoisotopic (exact) mass is 308 g/mol. The Morgan fingerprint density at radius 1 is 1.32 bits per heavy atom. The maximum Gasteiger partial charge on any atom is 0.181 e. The molecule has 118 valence electrons. The number of aliphatic hydroxyl groups is 1. The summed E-state index contributed by atoms with van der Waals surface area (Å²) < 4.78 is 26.3. The maximum atomic E-state index is 13.3. The highest BCUT2D eigenvalue weighted by molar-refractivity contribution is 5.54. The lowest BCUT2D eigenvalue weighted by molar-refractivity contribution is 0.159. The number of likely N-dealkylation sites (tertiary alicyclic amines) is 1. The minimum Gasteiger partial charge on any atom is -0.395 e. The summed E-state index contributed by atoms with van der Waals surface area (Å²) in [5.74, 6) is -0.454. The van der Waals surface area contributed by atoms with Crippen molar-refractivity contribution in [2.45, 2.75) is 18.8 Å². The van der Waals surface area contributed by atoms with Gasteiger partial charge in [-0.05, 0) is 37.6 Å². The molecule has 1 saturated heterocycles. The Labute approximate surface area is 127 Å². The summed E-state index contributed by atoms with van der Waals surface area (Å²) >= 11 is 0. The highest BCUT2D eigenvalue weighted by Crippen LogP contribution is 2.26. The van der Waals surface area contributed by atoms with E-state index < -0.39 is 11.6 Å². The van der Waals surface area contributed by atoms with Gasteiger partial charge in [-0.2, -0.15) is 5.10 Å². The van der Waals surface area contributed by atoms with Gasteiger partial charge in [-0.15, -0.1) is 0 Å². The van der Waals surface area contributed by atoms with E-state index in [1.165, 1.54) is 6.07 Å². The van der Waals surface area contributed by atoms with Gasteiger partial charge in [-0.1, -0.05) is 0 Å². The first-order chi connectivity index (χ1) is 10.7. The van der Waals surface area contributed by atoms with Crippen LogP contribution in [0.1, 0.15) is 24.6 Å². The molecule has 0 saturated carbocycles. The zero-order chi connectivity index (χ0) is 15.5. The molecular formula is C15H18F2N4O. The van der Waals surface area contributed by atoms with Gasteiger partial charge in [-0.25, -0.2) is 13.8 Å². The zero-order valence-electron chi connectivity index (χ0n) is 12.1. The molecule has 0 amide bonds. The second kappa shape index (κ2) is 6.50. The van der Waals surface area contributed by atoms with E-state index >= 15 is 0 Å². The molecule has 22 heavy (non-hydrogen) atoms. The van der Waals surface area contributed by atoms with Crippen LogP contribution in [0.2, 0.25) is 0 Å². The number of H-pyrrole nitrogens is 1. The highest BCUT2D eigenvalue weighted by atomic mass is 19.2. The third kappa shape index (κ3) is 3.15. The summed E-state index contributed by atoms with van der Waals surface area (Å²) in [5, 5.41) is 16.0. The molecule has 3 rings (SSSR count). The van der Waals surface area contributed by atoms with Crippen molar-refractivity contribution in [2.24, 2.45) is 0 Å². The average Bonchev–Trinajstić information content (AvgIpc) is 3.01. The number of hydrogen-bond donors (Lipinski definition) is 2. The van der Waals surface area contributed by atoms with Crippen molar-refractivity contribution in [3.05, 3.63) is 35.7 Å². The Bertz CT molecular complexity index is 644. The minimum atomic E-state index is -0.907. The number of rotatable bonds is 4. The van der Waals surface area contributed by atoms with Gasteiger partial charge in [0.15, 0.2) is 17.5 Å². The number of halogens is 2. The van der Waals surface area contributed by atoms with Crippen molar-refractivity contribution in [3.63, 3.8) is 0 Å². The van der Waals surface area contributed by atoms with Crippen molar-refractivity contribution >= 4 is 0 Å². The molecule has 1 fully saturated rings. The van der Waals surface area contributed by atoms with Gasteiger partial charge in [-0.3, -0.25) is 5.10 Å². The Kier molecular flexibility index (Phi) is 4.44. The third-order valence-electron chi connectivity index (χ3n) is 3.99. The molecule has 1 atom stereocenters. The Morgan fingerprint density at radius 3 is 2.95 bits per heavy atom. The number of benzene rings is 1. The minimum absolute atomic E-state index is 0.142. The Balaban J connectivity index is 1.76. The van der Waals surface area contributed by atoms with Crippen LogP contribution in [0, 0.1) is 11.6 Å². The van der Waals surface area contributed by atoms with Gasteiger partial charge in [0.1, 0.15) is 5.82 Å². The Morgan fingerprint density at radius 2 is 2.18 bits per heavy atom. The molecule has 0 spiro atoms. The van der Waals surface area contributed by atoms with Crippen LogP contribution in [0.5, 0.6) is 0 Å². The van der Waals surface area contributed by atoms with Crippen LogP contribution in [0.4, 0.5) is 8.78 Å². The standard InChI is InChI=1S/C15H18F2N4O/c16-12-4-3-10(8-13(12)17)14-18-15(20-19-14)11-2-1-5-21(9-11)6-7-22/h3-4,8,11,22H,1-2,5-7,9H2,(H,18,19,20). The van der Waals surface area contributed by atoms with E-state index in [4.69, 9.17) is 5.11 Å². The van der Waals surface area contributed by atoms with E-state index in [1.807, 2.05) is 0 Å². The highest BCUT2D eigenvalue weighted by Gasteiger charge is 2.24. The SMILES string of the molecule is OCCN1CCCC(c2nc(-c3ccc(F)c(F)c3)n[nH]2)C1. The first kappa shape index (κ1) is 15.1. The molecule has 1 aromatic heterocycles. The molecule has 0 radical (unpaired) electrons. The molecule has 2 heterocycles. The first-order valence-corrected chi connectivity index (χ1v) is 7.38. The van der Waals surface area contributed by atoms with Gasteiger partial charge < -0.3 is 10.0 Å². The average molecular weight is 308 g/mol. The van der Waals surface area contributed by atoms with Crippen LogP contribution in [-0.4, -0.2) is 51.4 Å². The largest absolute Gasteiger partial charge is 0.395 e. The van der Waals surface area contributed by atoms with Gasteiger partial charge in [0.2, 0.25) is 0 Å². The van der Waals surface area contributed by atoms with Gasteiger partial charge in [0.25, 0.3) is 0 Å². The van der Waals surface area contributed by atoms with E-state index in [2.05, 4.69) is 20.1 Å². The summed E-state index contributed by atoms with van der Waals surface area (Å²) in [6, 6.07) is 3.63. The fraction of sp³-hybridized carbons (Fsp3) is 0.467. The summed E-state index contributed by atoms with van der Waals surface area (Å²) in [6.45, 7) is 2.58. The number of aromatic nitrogens is 3. The second-order valence-corrected chi connectivity index (χ2v) is 5.54. The molecule has 0 aliphatic carbocycles. The van der Waals surface area contributed by atoms with E-state index in [9.17, 15) is 8.78 Å². The summed E-state index contributed by atoms with van der Waals surface area (Å²) in [5.41, 5.74) is 0.449. The summed E-state index contributed by atoms with van der Waals surface area (Å²) in [7, 11) is 0. The number of aliphatic hydroxyl groups excluding tert-OH is 1. The number of hydrogen-bond acceptors (Lipinski definition) is 4. The quantitative estimate of drug-likeness (QED) is 0.906. The maximum absolute atomic E-state index is 13.3. The van der Waals surface area contributed by atoms with E-state index in [0.717, 1.165) is 43.9 Å². The molecule has 1 unspecified atom stereocenters. The molecule has 5 nitrogen and oxygen atoms in total. The molecule has 1 aliphatic heterocycles. The van der Waals surface area contributed by atoms with Crippen LogP contribution in [-0.2, 0) is 0 Å². The summed E-state index contributed by atoms with van der Waals surface area (Å²) in [4.78, 5) is 6.61. The molecule has 1 aliphatic rings. The summed E-state index contributed by atoms with van der Waals surface area (Å²) in [6.07, 6.45) is 2.03. The van der Waals surface area contributed by atoms with Gasteiger partial charge in [0, 0.05) is 24.6 Å². The number of β-amino-alcohol motifs (C(OH)–C–C–N with tert-alkyl or cyclic N) is 1. The van der Waals surface area contributed by atoms with Crippen molar-refractivity contribution in [1.29, 1.82) is 0 Å². The lowest BCUT2D eigenvalue weighted by Gasteiger charge is -2.30. The van der Waals surface area contributed by atoms with Crippen molar-refractivity contribution < 1.29 is 13.9 Å². The van der Waals surface area contributed by atoms with Crippen LogP contribution < -0.4 is 0 Å². The fourth-order valence-electron chi connectivity index (χ4n) is 2.84. The number of nitrogens with zero attached hydrogens (tertiary/aromatic N) is 3. The first-order valence-electron chi connectivity index (χ1n) is 7.38. The number of nitrogens with one attached hydrogen (secondary N) is 1. The zero-order valence-corrected chi connectivity index (χ0v) is 12.1. The van der Waals surface area contributed by atoms with Crippen LogP contribution in [0.3, 0.4) is 0 Å². The number of aromatic amines is 1. The Hall–Kier alpha value is -1.86. The van der Waals surface area contributed by atoms with Crippen LogP contribution in [0.25, 0.3) is 11.4 Å². The lowest BCUT2D eigenvalue weighted by atomic mass is 9.97. The van der Waals surface area contributed by atoms with Crippen molar-refractivity contribution in [1.82, 2.24) is 20.1 Å². The second-order valence-electron chi connectivity index (χ2n) is 5.54. The van der Waals surface area contributed by atoms with Crippen molar-refractivity contribution in [2.75, 3.05) is 26.2 Å². The lowest BCUT2D eigenvalue weighted by Crippen LogP contribution is -2.36. The predicted octanol–water partition coefficient (Wildman–Crippen LogP) is 1.92. The normalized spacial score (nSPS) is 19.5. The molecule has 2 aromatic rings. The van der Waals surface area contributed by atoms with Gasteiger partial charge >= 0.3 is 0 Å². The van der Waals surface area contributed by atoms with Gasteiger partial charge in [0.05, 0.1) is 6.61 Å². The van der Waals surface area contributed by atoms with E-state index in [0.29, 0.717) is 17.9 Å². The molecule has 2 N–H and O–H groups in total. The molecule has 1 aromatic carbocycles. The molecule has 7 heteroatoms.